The first-order valence-electron chi connectivity index (χ1n) is 10.8. The van der Waals surface area contributed by atoms with Gasteiger partial charge in [0.05, 0.1) is 17.8 Å². The lowest BCUT2D eigenvalue weighted by molar-refractivity contribution is -0.159. The molecule has 2 aromatic carbocycles. The number of hydrogen-bond acceptors (Lipinski definition) is 6. The number of para-hydroxylation sites is 1. The van der Waals surface area contributed by atoms with Crippen molar-refractivity contribution in [2.45, 2.75) is 32.2 Å². The quantitative estimate of drug-likeness (QED) is 0.511. The Morgan fingerprint density at radius 3 is 2.45 bits per heavy atom. The summed E-state index contributed by atoms with van der Waals surface area (Å²) in [4.78, 5) is 38.0. The Kier molecular flexibility index (Phi) is 6.58. The SMILES string of the molecule is CCCN(Cc1ccc(Oc2ccccc2)cc1)C(=O)C1CC(c2n[nH]c(=O)o2)C1C(=O)O. The van der Waals surface area contributed by atoms with Crippen LogP contribution in [0, 0.1) is 11.8 Å². The first kappa shape index (κ1) is 22.3. The van der Waals surface area contributed by atoms with Gasteiger partial charge in [-0.25, -0.2) is 9.89 Å². The van der Waals surface area contributed by atoms with E-state index in [4.69, 9.17) is 9.15 Å². The van der Waals surface area contributed by atoms with E-state index in [1.165, 1.54) is 0 Å². The number of nitrogens with one attached hydrogen (secondary N) is 1. The fourth-order valence-electron chi connectivity index (χ4n) is 4.18. The first-order chi connectivity index (χ1) is 16.0. The van der Waals surface area contributed by atoms with Crippen LogP contribution in [0.15, 0.2) is 63.8 Å². The third-order valence-corrected chi connectivity index (χ3v) is 5.83. The molecule has 1 aliphatic carbocycles. The molecule has 3 atom stereocenters. The second-order valence-corrected chi connectivity index (χ2v) is 8.08. The van der Waals surface area contributed by atoms with Crippen LogP contribution in [0.5, 0.6) is 11.5 Å². The van der Waals surface area contributed by atoms with Gasteiger partial charge in [-0.05, 0) is 42.7 Å². The summed E-state index contributed by atoms with van der Waals surface area (Å²) >= 11 is 0. The smallest absolute Gasteiger partial charge is 0.434 e. The Hall–Kier alpha value is -3.88. The van der Waals surface area contributed by atoms with Gasteiger partial charge in [-0.2, -0.15) is 0 Å². The molecule has 4 rings (SSSR count). The molecule has 0 spiro atoms. The Labute approximate surface area is 190 Å². The monoisotopic (exact) mass is 451 g/mol. The van der Waals surface area contributed by atoms with Gasteiger partial charge in [0.2, 0.25) is 11.8 Å². The lowest BCUT2D eigenvalue weighted by Crippen LogP contribution is -2.50. The molecular formula is C24H25N3O6. The predicted molar refractivity (Wildman–Crippen MR) is 118 cm³/mol. The largest absolute Gasteiger partial charge is 0.481 e. The van der Waals surface area contributed by atoms with Crippen molar-refractivity contribution in [3.63, 3.8) is 0 Å². The normalized spacial score (nSPS) is 19.5. The number of nitrogens with zero attached hydrogens (tertiary/aromatic N) is 2. The van der Waals surface area contributed by atoms with Gasteiger partial charge in [-0.15, -0.1) is 5.10 Å². The van der Waals surface area contributed by atoms with Crippen LogP contribution in [0.4, 0.5) is 0 Å². The highest BCUT2D eigenvalue weighted by molar-refractivity contribution is 5.87. The van der Waals surface area contributed by atoms with Crippen LogP contribution in [0.3, 0.4) is 0 Å². The van der Waals surface area contributed by atoms with E-state index in [-0.39, 0.29) is 18.2 Å². The molecule has 0 aliphatic heterocycles. The number of ether oxygens (including phenoxy) is 1. The van der Waals surface area contributed by atoms with Crippen molar-refractivity contribution in [2.75, 3.05) is 6.54 Å². The van der Waals surface area contributed by atoms with E-state index >= 15 is 0 Å². The average molecular weight is 451 g/mol. The maximum Gasteiger partial charge on any atom is 0.434 e. The number of H-pyrrole nitrogens is 1. The van der Waals surface area contributed by atoms with Crippen molar-refractivity contribution >= 4 is 11.9 Å². The zero-order valence-corrected chi connectivity index (χ0v) is 18.1. The van der Waals surface area contributed by atoms with Gasteiger partial charge in [0, 0.05) is 13.1 Å². The first-order valence-corrected chi connectivity index (χ1v) is 10.8. The predicted octanol–water partition coefficient (Wildman–Crippen LogP) is 3.40. The molecule has 3 unspecified atom stereocenters. The summed E-state index contributed by atoms with van der Waals surface area (Å²) in [5.41, 5.74) is 0.915. The van der Waals surface area contributed by atoms with Crippen molar-refractivity contribution in [3.8, 4) is 11.5 Å². The van der Waals surface area contributed by atoms with E-state index < -0.39 is 29.5 Å². The molecule has 9 heteroatoms. The van der Waals surface area contributed by atoms with E-state index in [0.717, 1.165) is 17.7 Å². The number of aliphatic carboxylic acids is 1. The Balaban J connectivity index is 1.44. The van der Waals surface area contributed by atoms with Gasteiger partial charge in [0.15, 0.2) is 0 Å². The molecule has 0 radical (unpaired) electrons. The van der Waals surface area contributed by atoms with Crippen molar-refractivity contribution < 1.29 is 23.8 Å². The number of benzene rings is 2. The summed E-state index contributed by atoms with van der Waals surface area (Å²) in [6.45, 7) is 2.84. The third kappa shape index (κ3) is 4.97. The van der Waals surface area contributed by atoms with Crippen molar-refractivity contribution in [1.82, 2.24) is 15.1 Å². The minimum atomic E-state index is -1.10. The third-order valence-electron chi connectivity index (χ3n) is 5.83. The molecule has 9 nitrogen and oxygen atoms in total. The van der Waals surface area contributed by atoms with Crippen LogP contribution in [0.2, 0.25) is 0 Å². The van der Waals surface area contributed by atoms with Gasteiger partial charge >= 0.3 is 11.7 Å². The highest BCUT2D eigenvalue weighted by Crippen LogP contribution is 2.47. The number of aromatic amines is 1. The zero-order chi connectivity index (χ0) is 23.4. The summed E-state index contributed by atoms with van der Waals surface area (Å²) in [5.74, 6) is -2.88. The van der Waals surface area contributed by atoms with Crippen LogP contribution in [0.25, 0.3) is 0 Å². The van der Waals surface area contributed by atoms with Gasteiger partial charge < -0.3 is 19.2 Å². The fourth-order valence-corrected chi connectivity index (χ4v) is 4.18. The lowest BCUT2D eigenvalue weighted by atomic mass is 9.64. The minimum Gasteiger partial charge on any atom is -0.481 e. The summed E-state index contributed by atoms with van der Waals surface area (Å²) in [6.07, 6.45) is 1.01. The molecule has 3 aromatic rings. The molecule has 1 aromatic heterocycles. The maximum absolute atomic E-state index is 13.2. The number of rotatable bonds is 9. The number of aromatic nitrogens is 2. The van der Waals surface area contributed by atoms with Crippen LogP contribution < -0.4 is 10.5 Å². The number of carboxylic acid groups (broad SMARTS) is 1. The van der Waals surface area contributed by atoms with Crippen molar-refractivity contribution in [1.29, 1.82) is 0 Å². The maximum atomic E-state index is 13.2. The van der Waals surface area contributed by atoms with Crippen molar-refractivity contribution in [2.24, 2.45) is 11.8 Å². The lowest BCUT2D eigenvalue weighted by Gasteiger charge is -2.41. The van der Waals surface area contributed by atoms with E-state index in [1.54, 1.807) is 4.90 Å². The number of hydrogen-bond donors (Lipinski definition) is 2. The summed E-state index contributed by atoms with van der Waals surface area (Å²) in [7, 11) is 0. The average Bonchev–Trinajstić information content (AvgIpc) is 3.20. The standard InChI is InChI=1S/C24H25N3O6/c1-2-12-27(14-15-8-10-17(11-9-15)32-16-6-4-3-5-7-16)22(28)19-13-18(20(19)23(29)30)21-25-26-24(31)33-21/h3-11,18-20H,2,12-14H2,1H3,(H,26,31)(H,29,30). The number of carbonyl (C=O) groups excluding carboxylic acids is 1. The molecule has 2 N–H and O–H groups in total. The molecule has 33 heavy (non-hydrogen) atoms. The molecule has 172 valence electrons. The summed E-state index contributed by atoms with van der Waals surface area (Å²) in [6, 6.07) is 16.9. The Bertz CT molecular complexity index is 1150. The van der Waals surface area contributed by atoms with Gasteiger partial charge in [-0.1, -0.05) is 37.3 Å². The van der Waals surface area contributed by atoms with Gasteiger partial charge in [0.1, 0.15) is 11.5 Å². The summed E-state index contributed by atoms with van der Waals surface area (Å²) < 4.78 is 10.7. The molecule has 1 fully saturated rings. The second kappa shape index (κ2) is 9.72. The second-order valence-electron chi connectivity index (χ2n) is 8.08. The van der Waals surface area contributed by atoms with Crippen LogP contribution in [0.1, 0.15) is 37.1 Å². The van der Waals surface area contributed by atoms with Gasteiger partial charge in [-0.3, -0.25) is 9.59 Å². The van der Waals surface area contributed by atoms with E-state index in [9.17, 15) is 19.5 Å². The van der Waals surface area contributed by atoms with Crippen LogP contribution in [-0.2, 0) is 16.1 Å². The highest BCUT2D eigenvalue weighted by atomic mass is 16.5. The summed E-state index contributed by atoms with van der Waals surface area (Å²) in [5, 5.41) is 15.6. The number of carbonyl (C=O) groups is 2. The fraction of sp³-hybridized carbons (Fsp3) is 0.333. The number of amides is 1. The van der Waals surface area contributed by atoms with E-state index in [1.807, 2.05) is 61.5 Å². The highest BCUT2D eigenvalue weighted by Gasteiger charge is 2.53. The molecule has 1 aliphatic rings. The topological polar surface area (TPSA) is 126 Å². The minimum absolute atomic E-state index is 0.0347. The Morgan fingerprint density at radius 1 is 1.15 bits per heavy atom. The van der Waals surface area contributed by atoms with E-state index in [2.05, 4.69) is 10.2 Å². The zero-order valence-electron chi connectivity index (χ0n) is 18.1. The van der Waals surface area contributed by atoms with Gasteiger partial charge in [0.25, 0.3) is 0 Å². The van der Waals surface area contributed by atoms with Crippen molar-refractivity contribution in [3.05, 3.63) is 76.6 Å². The Morgan fingerprint density at radius 2 is 1.85 bits per heavy atom. The number of carboxylic acids is 1. The van der Waals surface area contributed by atoms with Crippen LogP contribution in [-0.4, -0.2) is 38.6 Å². The van der Waals surface area contributed by atoms with Crippen LogP contribution >= 0.6 is 0 Å². The molecular weight excluding hydrogens is 426 g/mol. The van der Waals surface area contributed by atoms with E-state index in [0.29, 0.717) is 18.8 Å². The molecule has 1 amide bonds. The molecule has 0 saturated heterocycles. The molecule has 1 heterocycles. The molecule has 0 bridgehead atoms. The molecule has 1 saturated carbocycles.